The van der Waals surface area contributed by atoms with Gasteiger partial charge >= 0.3 is 5.97 Å². The summed E-state index contributed by atoms with van der Waals surface area (Å²) in [6.45, 7) is -0.373. The van der Waals surface area contributed by atoms with Gasteiger partial charge in [-0.1, -0.05) is 53.7 Å². The van der Waals surface area contributed by atoms with Crippen molar-refractivity contribution in [3.63, 3.8) is 0 Å². The first-order chi connectivity index (χ1) is 15.7. The smallest absolute Gasteiger partial charge is 0.306 e. The molecule has 1 N–H and O–H groups in total. The number of benzene rings is 2. The van der Waals surface area contributed by atoms with Crippen molar-refractivity contribution < 1.29 is 18.8 Å². The highest BCUT2D eigenvalue weighted by molar-refractivity contribution is 5.93. The van der Waals surface area contributed by atoms with Crippen LogP contribution >= 0.6 is 0 Å². The minimum absolute atomic E-state index is 0.0168. The van der Waals surface area contributed by atoms with E-state index in [4.69, 9.17) is 9.26 Å². The van der Waals surface area contributed by atoms with Gasteiger partial charge in [0.2, 0.25) is 11.7 Å². The van der Waals surface area contributed by atoms with E-state index < -0.39 is 11.9 Å². The maximum absolute atomic E-state index is 12.1. The van der Waals surface area contributed by atoms with E-state index >= 15 is 0 Å². The molecular formula is C24H20N4O4. The van der Waals surface area contributed by atoms with E-state index in [-0.39, 0.29) is 19.4 Å². The average molecular weight is 428 g/mol. The van der Waals surface area contributed by atoms with Crippen LogP contribution in [0.15, 0.2) is 83.5 Å². The van der Waals surface area contributed by atoms with Gasteiger partial charge in [-0.3, -0.25) is 14.6 Å². The monoisotopic (exact) mass is 428 g/mol. The number of amides is 1. The highest BCUT2D eigenvalue weighted by Gasteiger charge is 2.13. The van der Waals surface area contributed by atoms with E-state index in [1.165, 1.54) is 0 Å². The number of ether oxygens (including phenoxy) is 1. The molecule has 0 atom stereocenters. The van der Waals surface area contributed by atoms with E-state index in [1.807, 2.05) is 48.5 Å². The number of pyridine rings is 1. The molecule has 8 heteroatoms. The standard InChI is InChI=1S/C24H20N4O4/c29-21(26-19-11-9-18(10-12-19)17-6-2-1-3-7-17)16-31-23(30)14-13-22-27-24(28-32-22)20-8-4-5-15-25-20/h1-12,15H,13-14,16H2,(H,26,29). The molecule has 0 unspecified atom stereocenters. The zero-order valence-electron chi connectivity index (χ0n) is 17.1. The quantitative estimate of drug-likeness (QED) is 0.424. The van der Waals surface area contributed by atoms with E-state index in [9.17, 15) is 9.59 Å². The SMILES string of the molecule is O=C(COC(=O)CCc1nc(-c2ccccn2)no1)Nc1ccc(-c2ccccc2)cc1. The Hall–Kier alpha value is -4.33. The maximum atomic E-state index is 12.1. The van der Waals surface area contributed by atoms with Crippen molar-refractivity contribution in [2.45, 2.75) is 12.8 Å². The third-order valence-electron chi connectivity index (χ3n) is 4.55. The van der Waals surface area contributed by atoms with Crippen LogP contribution in [0.5, 0.6) is 0 Å². The van der Waals surface area contributed by atoms with Gasteiger partial charge in [0.1, 0.15) is 5.69 Å². The second kappa shape index (κ2) is 10.1. The molecule has 4 aromatic rings. The number of rotatable bonds is 8. The van der Waals surface area contributed by atoms with Crippen LogP contribution in [0.3, 0.4) is 0 Å². The fourth-order valence-electron chi connectivity index (χ4n) is 2.96. The minimum Gasteiger partial charge on any atom is -0.456 e. The van der Waals surface area contributed by atoms with Crippen molar-refractivity contribution in [3.8, 4) is 22.6 Å². The van der Waals surface area contributed by atoms with Gasteiger partial charge in [0, 0.05) is 18.3 Å². The lowest BCUT2D eigenvalue weighted by Gasteiger charge is -2.07. The summed E-state index contributed by atoms with van der Waals surface area (Å²) in [6, 6.07) is 22.7. The van der Waals surface area contributed by atoms with Crippen LogP contribution in [0.2, 0.25) is 0 Å². The molecule has 0 spiro atoms. The van der Waals surface area contributed by atoms with E-state index in [0.29, 0.717) is 23.1 Å². The van der Waals surface area contributed by atoms with Gasteiger partial charge in [-0.15, -0.1) is 0 Å². The Bertz CT molecular complexity index is 1180. The molecule has 2 heterocycles. The number of esters is 1. The van der Waals surface area contributed by atoms with Crippen molar-refractivity contribution in [2.75, 3.05) is 11.9 Å². The van der Waals surface area contributed by atoms with Crippen molar-refractivity contribution in [1.29, 1.82) is 0 Å². The molecule has 2 aromatic carbocycles. The number of carbonyl (C=O) groups is 2. The fraction of sp³-hybridized carbons (Fsp3) is 0.125. The molecule has 4 rings (SSSR count). The number of anilines is 1. The van der Waals surface area contributed by atoms with E-state index in [0.717, 1.165) is 11.1 Å². The number of aryl methyl sites for hydroxylation is 1. The number of nitrogens with one attached hydrogen (secondary N) is 1. The summed E-state index contributed by atoms with van der Waals surface area (Å²) in [7, 11) is 0. The van der Waals surface area contributed by atoms with Gasteiger partial charge in [-0.05, 0) is 35.4 Å². The van der Waals surface area contributed by atoms with Crippen LogP contribution in [-0.4, -0.2) is 33.6 Å². The Morgan fingerprint density at radius 3 is 2.41 bits per heavy atom. The molecule has 2 aromatic heterocycles. The normalized spacial score (nSPS) is 10.5. The van der Waals surface area contributed by atoms with Crippen molar-refractivity contribution in [2.24, 2.45) is 0 Å². The van der Waals surface area contributed by atoms with Gasteiger partial charge in [0.15, 0.2) is 6.61 Å². The van der Waals surface area contributed by atoms with Gasteiger partial charge < -0.3 is 14.6 Å². The first-order valence-corrected chi connectivity index (χ1v) is 10.0. The van der Waals surface area contributed by atoms with Crippen LogP contribution in [0.1, 0.15) is 12.3 Å². The molecule has 0 aliphatic heterocycles. The number of aromatic nitrogens is 3. The summed E-state index contributed by atoms with van der Waals surface area (Å²) < 4.78 is 10.2. The van der Waals surface area contributed by atoms with Gasteiger partial charge in [-0.2, -0.15) is 4.98 Å². The Morgan fingerprint density at radius 2 is 1.66 bits per heavy atom. The molecule has 160 valence electrons. The molecule has 0 saturated carbocycles. The molecular weight excluding hydrogens is 408 g/mol. The Balaban J connectivity index is 1.20. The summed E-state index contributed by atoms with van der Waals surface area (Å²) in [5, 5.41) is 6.55. The first-order valence-electron chi connectivity index (χ1n) is 10.0. The maximum Gasteiger partial charge on any atom is 0.306 e. The van der Waals surface area contributed by atoms with Gasteiger partial charge in [0.05, 0.1) is 6.42 Å². The number of carbonyl (C=O) groups excluding carboxylic acids is 2. The first kappa shape index (κ1) is 20.9. The van der Waals surface area contributed by atoms with Crippen molar-refractivity contribution in [3.05, 3.63) is 84.9 Å². The topological polar surface area (TPSA) is 107 Å². The summed E-state index contributed by atoms with van der Waals surface area (Å²) in [6.07, 6.45) is 1.86. The highest BCUT2D eigenvalue weighted by atomic mass is 16.5. The molecule has 0 saturated heterocycles. The second-order valence-corrected chi connectivity index (χ2v) is 6.88. The Morgan fingerprint density at radius 1 is 0.906 bits per heavy atom. The lowest BCUT2D eigenvalue weighted by molar-refractivity contribution is -0.147. The molecule has 0 aliphatic carbocycles. The zero-order chi connectivity index (χ0) is 22.2. The molecule has 0 aliphatic rings. The van der Waals surface area contributed by atoms with Crippen LogP contribution in [-0.2, 0) is 20.7 Å². The predicted octanol–water partition coefficient (Wildman–Crippen LogP) is 3.91. The predicted molar refractivity (Wildman–Crippen MR) is 117 cm³/mol. The van der Waals surface area contributed by atoms with Crippen molar-refractivity contribution in [1.82, 2.24) is 15.1 Å². The molecule has 32 heavy (non-hydrogen) atoms. The lowest BCUT2D eigenvalue weighted by atomic mass is 10.1. The minimum atomic E-state index is -0.530. The summed E-state index contributed by atoms with van der Waals surface area (Å²) in [5.41, 5.74) is 3.34. The van der Waals surface area contributed by atoms with E-state index in [2.05, 4.69) is 20.4 Å². The largest absolute Gasteiger partial charge is 0.456 e. The number of hydrogen-bond acceptors (Lipinski definition) is 7. The van der Waals surface area contributed by atoms with Crippen molar-refractivity contribution >= 4 is 17.6 Å². The molecule has 0 fully saturated rings. The van der Waals surface area contributed by atoms with Crippen LogP contribution in [0.25, 0.3) is 22.6 Å². The Kier molecular flexibility index (Phi) is 6.62. The average Bonchev–Trinajstić information content (AvgIpc) is 3.32. The molecule has 0 bridgehead atoms. The number of hydrogen-bond donors (Lipinski definition) is 1. The third-order valence-corrected chi connectivity index (χ3v) is 4.55. The van der Waals surface area contributed by atoms with Crippen LogP contribution in [0.4, 0.5) is 5.69 Å². The van der Waals surface area contributed by atoms with E-state index in [1.54, 1.807) is 30.5 Å². The highest BCUT2D eigenvalue weighted by Crippen LogP contribution is 2.21. The molecule has 8 nitrogen and oxygen atoms in total. The molecule has 0 radical (unpaired) electrons. The number of nitrogens with zero attached hydrogens (tertiary/aromatic N) is 3. The Labute approximate surface area is 184 Å². The zero-order valence-corrected chi connectivity index (χ0v) is 17.1. The van der Waals surface area contributed by atoms with Crippen LogP contribution < -0.4 is 5.32 Å². The van der Waals surface area contributed by atoms with Gasteiger partial charge in [-0.25, -0.2) is 0 Å². The van der Waals surface area contributed by atoms with Crippen LogP contribution in [0, 0.1) is 0 Å². The summed E-state index contributed by atoms with van der Waals surface area (Å²) in [4.78, 5) is 32.4. The lowest BCUT2D eigenvalue weighted by Crippen LogP contribution is -2.21. The molecule has 1 amide bonds. The third kappa shape index (κ3) is 5.63. The fourth-order valence-corrected chi connectivity index (χ4v) is 2.96. The summed E-state index contributed by atoms with van der Waals surface area (Å²) in [5.74, 6) is -0.296. The van der Waals surface area contributed by atoms with Gasteiger partial charge in [0.25, 0.3) is 5.91 Å². The summed E-state index contributed by atoms with van der Waals surface area (Å²) >= 11 is 0. The second-order valence-electron chi connectivity index (χ2n) is 6.88.